The summed E-state index contributed by atoms with van der Waals surface area (Å²) < 4.78 is 27.7. The van der Waals surface area contributed by atoms with Crippen molar-refractivity contribution in [2.24, 2.45) is 0 Å². The molecule has 0 unspecified atom stereocenters. The van der Waals surface area contributed by atoms with Crippen LogP contribution in [0.2, 0.25) is 0 Å². The number of amides is 5. The van der Waals surface area contributed by atoms with Gasteiger partial charge < -0.3 is 65.0 Å². The Morgan fingerprint density at radius 1 is 0.483 bits per heavy atom. The zero-order valence-corrected chi connectivity index (χ0v) is 52.2. The zero-order chi connectivity index (χ0) is 66.3. The summed E-state index contributed by atoms with van der Waals surface area (Å²) in [6.45, 7) is 22.7. The quantitative estimate of drug-likeness (QED) is 0.0314. The van der Waals surface area contributed by atoms with Gasteiger partial charge in [-0.1, -0.05) is 0 Å². The molecule has 0 spiro atoms. The van der Waals surface area contributed by atoms with E-state index < -0.39 is 118 Å². The van der Waals surface area contributed by atoms with E-state index in [1.54, 1.807) is 76.2 Å². The molecule has 0 saturated heterocycles. The second-order valence-corrected chi connectivity index (χ2v) is 21.1. The third kappa shape index (κ3) is 37.1. The summed E-state index contributed by atoms with van der Waals surface area (Å²) in [7, 11) is 0. The number of aromatic amines is 3. The number of rotatable bonds is 23. The Labute approximate surface area is 505 Å². The van der Waals surface area contributed by atoms with Gasteiger partial charge in [0.25, 0.3) is 16.7 Å². The number of aliphatic carboxylic acids is 2. The van der Waals surface area contributed by atoms with Gasteiger partial charge in [0.05, 0.1) is 19.8 Å². The molecule has 35 heteroatoms. The van der Waals surface area contributed by atoms with Crippen molar-refractivity contribution in [2.75, 3.05) is 72.1 Å². The van der Waals surface area contributed by atoms with Crippen molar-refractivity contribution in [1.29, 1.82) is 0 Å². The van der Waals surface area contributed by atoms with Crippen molar-refractivity contribution in [3.8, 4) is 0 Å². The molecule has 0 aliphatic rings. The number of hydrogen-bond acceptors (Lipinski definition) is 21. The molecule has 0 bridgehead atoms. The first-order chi connectivity index (χ1) is 39.7. The highest BCUT2D eigenvalue weighted by atomic mass is 35.5. The molecule has 3 aromatic rings. The Balaban J connectivity index is 0. The molecule has 0 radical (unpaired) electrons. The molecule has 3 rings (SSSR count). The Morgan fingerprint density at radius 3 is 1.13 bits per heavy atom. The van der Waals surface area contributed by atoms with Crippen LogP contribution in [0.25, 0.3) is 0 Å². The van der Waals surface area contributed by atoms with Crippen molar-refractivity contribution in [3.63, 3.8) is 0 Å². The van der Waals surface area contributed by atoms with Crippen LogP contribution in [0.5, 0.6) is 0 Å². The van der Waals surface area contributed by atoms with E-state index in [0.29, 0.717) is 25.3 Å². The molecule has 87 heavy (non-hydrogen) atoms. The highest BCUT2D eigenvalue weighted by Crippen LogP contribution is 2.08. The van der Waals surface area contributed by atoms with Crippen LogP contribution in [0.3, 0.4) is 0 Å². The van der Waals surface area contributed by atoms with Gasteiger partial charge in [0.15, 0.2) is 0 Å². The van der Waals surface area contributed by atoms with E-state index in [2.05, 4.69) is 31.2 Å². The highest BCUT2D eigenvalue weighted by Gasteiger charge is 2.23. The first-order valence-corrected chi connectivity index (χ1v) is 26.5. The number of aryl methyl sites for hydroxylation is 3. The van der Waals surface area contributed by atoms with Crippen molar-refractivity contribution >= 4 is 66.4 Å². The second kappa shape index (κ2) is 38.8. The Morgan fingerprint density at radius 2 is 0.805 bits per heavy atom. The Kier molecular flexibility index (Phi) is 35.7. The van der Waals surface area contributed by atoms with E-state index in [1.165, 1.54) is 39.4 Å². The van der Waals surface area contributed by atoms with Crippen LogP contribution in [-0.2, 0) is 72.1 Å². The number of esters is 2. The van der Waals surface area contributed by atoms with Gasteiger partial charge in [0.1, 0.15) is 49.5 Å². The molecule has 34 nitrogen and oxygen atoms in total. The van der Waals surface area contributed by atoms with Crippen molar-refractivity contribution in [2.45, 2.75) is 133 Å². The minimum absolute atomic E-state index is 0. The number of alkyl carbamates (subject to hydrolysis) is 3. The number of carbonyl (C=O) groups is 9. The predicted octanol–water partition coefficient (Wildman–Crippen LogP) is -0.940. The Hall–Kier alpha value is -9.08. The highest BCUT2D eigenvalue weighted by molar-refractivity contribution is 5.85. The first kappa shape index (κ1) is 80.0. The molecule has 0 aliphatic heterocycles. The average molecular weight is 1260 g/mol. The van der Waals surface area contributed by atoms with Crippen molar-refractivity contribution < 1.29 is 77.0 Å². The maximum atomic E-state index is 12.6. The molecule has 3 heterocycles. The van der Waals surface area contributed by atoms with E-state index in [-0.39, 0.29) is 81.9 Å². The largest absolute Gasteiger partial charge is 0.480 e. The molecule has 0 aliphatic carbocycles. The van der Waals surface area contributed by atoms with Gasteiger partial charge in [-0.05, 0) is 96.9 Å². The minimum Gasteiger partial charge on any atom is -0.480 e. The third-order valence-corrected chi connectivity index (χ3v) is 9.79. The summed E-state index contributed by atoms with van der Waals surface area (Å²) in [4.78, 5) is 180. The van der Waals surface area contributed by atoms with Crippen LogP contribution in [0, 0.1) is 20.8 Å². The lowest BCUT2D eigenvalue weighted by Gasteiger charge is -2.23. The fraction of sp³-hybridized carbons (Fsp3) is 0.596. The lowest BCUT2D eigenvalue weighted by Crippen LogP contribution is -2.45. The van der Waals surface area contributed by atoms with Gasteiger partial charge in [0, 0.05) is 74.5 Å². The van der Waals surface area contributed by atoms with Crippen LogP contribution in [0.1, 0.15) is 92.9 Å². The van der Waals surface area contributed by atoms with E-state index in [1.807, 2.05) is 4.98 Å². The molecule has 0 fully saturated rings. The SMILES string of the molecule is CCOC(=O)CN(CCNC(=O)OC(C)(C)C)C(=O)Cn1cc(C)c(=O)[nH]c1=O.CCOC(=O)CNCCNC(=O)OC(C)(C)C.Cc1cn(CC(=O)N(CCNC(=O)OC(C)(C)C)CC(=O)O)c(=O)[nH]c1=O.Cc1cn(CC(=O)O)c(=O)[nH]c1=O.Cl. The van der Waals surface area contributed by atoms with Crippen LogP contribution in [-0.4, -0.2) is 192 Å². The second-order valence-electron chi connectivity index (χ2n) is 21.1. The van der Waals surface area contributed by atoms with Crippen LogP contribution < -0.4 is 55.0 Å². The number of aromatic nitrogens is 6. The number of carboxylic acids is 2. The van der Waals surface area contributed by atoms with E-state index in [0.717, 1.165) is 23.5 Å². The summed E-state index contributed by atoms with van der Waals surface area (Å²) >= 11 is 0. The van der Waals surface area contributed by atoms with E-state index >= 15 is 0 Å². The van der Waals surface area contributed by atoms with Gasteiger partial charge in [-0.15, -0.1) is 12.4 Å². The van der Waals surface area contributed by atoms with E-state index in [4.69, 9.17) is 33.9 Å². The number of ether oxygens (including phenoxy) is 5. The van der Waals surface area contributed by atoms with Gasteiger partial charge >= 0.3 is 59.2 Å². The number of carboxylic acid groups (broad SMARTS) is 2. The fourth-order valence-corrected chi connectivity index (χ4v) is 6.14. The van der Waals surface area contributed by atoms with Gasteiger partial charge in [-0.3, -0.25) is 71.8 Å². The molecule has 3 aromatic heterocycles. The zero-order valence-electron chi connectivity index (χ0n) is 51.3. The van der Waals surface area contributed by atoms with Crippen LogP contribution in [0.4, 0.5) is 14.4 Å². The van der Waals surface area contributed by atoms with Crippen molar-refractivity contribution in [1.82, 2.24) is 59.7 Å². The molecular weight excluding hydrogens is 1180 g/mol. The maximum absolute atomic E-state index is 12.6. The van der Waals surface area contributed by atoms with Gasteiger partial charge in [-0.25, -0.2) is 28.8 Å². The normalized spacial score (nSPS) is 10.6. The molecule has 0 atom stereocenters. The van der Waals surface area contributed by atoms with Crippen LogP contribution in [0.15, 0.2) is 47.4 Å². The lowest BCUT2D eigenvalue weighted by molar-refractivity contribution is -0.149. The lowest BCUT2D eigenvalue weighted by atomic mass is 10.2. The number of nitrogens with zero attached hydrogens (tertiary/aromatic N) is 5. The van der Waals surface area contributed by atoms with Gasteiger partial charge in [0.2, 0.25) is 11.8 Å². The molecule has 490 valence electrons. The summed E-state index contributed by atoms with van der Waals surface area (Å²) in [5.74, 6) is -4.51. The third-order valence-electron chi connectivity index (χ3n) is 9.79. The maximum Gasteiger partial charge on any atom is 0.407 e. The average Bonchev–Trinajstić information content (AvgIpc) is 3.52. The van der Waals surface area contributed by atoms with Crippen molar-refractivity contribution in [3.05, 3.63) is 97.8 Å². The standard InChI is InChI=1S/C18H28N4O7.C16H24N4O7.C11H22N2O4.C7H8N2O4.ClH/c1-6-28-14(24)11-21(8-7-19-17(27)29-18(3,4)5)13(23)10-22-9-12(2)15(25)20-16(22)26;1-10-7-20(14(25)18-13(10)24)8-11(21)19(9-12(22)23)6-5-17-15(26)27-16(2,3)4;1-5-16-9(14)8-12-6-7-13-10(15)17-11(2,3)4;1-4-2-9(3-5(10)11)7(13)8-6(4)12;/h9H,6-8,10-11H2,1-5H3,(H,19,27)(H,20,25,26);7H,5-6,8-9H2,1-4H3,(H,17,26)(H,22,23)(H,18,24,25);12H,5-8H2,1-4H3,(H,13,15);2H,3H2,1H3,(H,10,11)(H,8,12,13);1H. The number of hydrogen-bond donors (Lipinski definition) is 9. The summed E-state index contributed by atoms with van der Waals surface area (Å²) in [6.07, 6.45) is 1.88. The monoisotopic (exact) mass is 1260 g/mol. The van der Waals surface area contributed by atoms with Crippen LogP contribution >= 0.6 is 12.4 Å². The number of halogens is 1. The summed E-state index contributed by atoms with van der Waals surface area (Å²) in [5, 5.41) is 27.7. The van der Waals surface area contributed by atoms with E-state index in [9.17, 15) is 71.9 Å². The van der Waals surface area contributed by atoms with Gasteiger partial charge in [-0.2, -0.15) is 0 Å². The fourth-order valence-electron chi connectivity index (χ4n) is 6.14. The topological polar surface area (TPSA) is 459 Å². The molecule has 5 amide bonds. The molecule has 0 saturated carbocycles. The summed E-state index contributed by atoms with van der Waals surface area (Å²) in [6, 6.07) is 0. The number of nitrogens with one attached hydrogen (secondary N) is 7. The number of H-pyrrole nitrogens is 3. The molecule has 0 aromatic carbocycles. The molecular formula is C52H83ClN12O22. The smallest absolute Gasteiger partial charge is 0.407 e. The predicted molar refractivity (Wildman–Crippen MR) is 313 cm³/mol. The summed E-state index contributed by atoms with van der Waals surface area (Å²) in [5.41, 5.74) is -4.88. The Bertz CT molecular complexity index is 3160. The first-order valence-electron chi connectivity index (χ1n) is 26.5. The minimum atomic E-state index is -1.24. The molecule has 9 N–H and O–H groups in total. The number of carbonyl (C=O) groups excluding carboxylic acids is 7.